The molecular formula is C20H29N3O5. The number of hydrogen-bond acceptors (Lipinski definition) is 6. The number of benzene rings is 1. The Morgan fingerprint density at radius 3 is 2.71 bits per heavy atom. The van der Waals surface area contributed by atoms with E-state index in [2.05, 4.69) is 14.8 Å². The summed E-state index contributed by atoms with van der Waals surface area (Å²) in [5.41, 5.74) is 9.86. The molecule has 0 saturated carbocycles. The average molecular weight is 391 g/mol. The van der Waals surface area contributed by atoms with E-state index in [0.29, 0.717) is 19.4 Å². The molecule has 0 aromatic heterocycles. The molecule has 5 atom stereocenters. The highest BCUT2D eigenvalue weighted by Gasteiger charge is 2.43. The number of aliphatic hydroxyl groups excluding tert-OH is 1. The Bertz CT molecular complexity index is 651. The maximum absolute atomic E-state index is 11.2. The summed E-state index contributed by atoms with van der Waals surface area (Å²) in [5.74, 6) is -0.214. The van der Waals surface area contributed by atoms with Crippen molar-refractivity contribution in [1.82, 2.24) is 0 Å². The second-order valence-corrected chi connectivity index (χ2v) is 7.00. The second kappa shape index (κ2) is 11.7. The van der Waals surface area contributed by atoms with Crippen molar-refractivity contribution in [3.05, 3.63) is 46.3 Å². The fourth-order valence-electron chi connectivity index (χ4n) is 3.43. The first-order valence-corrected chi connectivity index (χ1v) is 9.67. The molecule has 8 nitrogen and oxygen atoms in total. The summed E-state index contributed by atoms with van der Waals surface area (Å²) in [6.45, 7) is 2.15. The molecular weight excluding hydrogens is 362 g/mol. The van der Waals surface area contributed by atoms with Crippen LogP contribution in [-0.2, 0) is 25.6 Å². The van der Waals surface area contributed by atoms with Crippen molar-refractivity contribution in [2.75, 3.05) is 7.11 Å². The molecule has 1 aliphatic heterocycles. The molecule has 1 aromatic carbocycles. The van der Waals surface area contributed by atoms with Crippen molar-refractivity contribution in [2.24, 2.45) is 5.11 Å². The van der Waals surface area contributed by atoms with Gasteiger partial charge in [-0.15, -0.1) is 0 Å². The van der Waals surface area contributed by atoms with E-state index in [-0.39, 0.29) is 12.1 Å². The number of unbranched alkanes of at least 4 members (excludes halogenated alkanes) is 2. The lowest BCUT2D eigenvalue weighted by Gasteiger charge is -2.42. The first kappa shape index (κ1) is 22.2. The van der Waals surface area contributed by atoms with Crippen LogP contribution in [0.5, 0.6) is 0 Å². The maximum atomic E-state index is 11.2. The first-order valence-electron chi connectivity index (χ1n) is 9.67. The summed E-state index contributed by atoms with van der Waals surface area (Å²) >= 11 is 0. The zero-order valence-electron chi connectivity index (χ0n) is 16.4. The highest BCUT2D eigenvalue weighted by atomic mass is 16.5. The van der Waals surface area contributed by atoms with Gasteiger partial charge in [0.25, 0.3) is 0 Å². The SMILES string of the molecule is COC(=O)CCCCCC1O[C@H](C)[C@@H](N=[N+]=[N-])[C@H](OCc2ccccc2)[C@@H]1O. The molecule has 1 saturated heterocycles. The number of aliphatic hydroxyl groups is 1. The highest BCUT2D eigenvalue weighted by molar-refractivity contribution is 5.68. The predicted octanol–water partition coefficient (Wildman–Crippen LogP) is 3.52. The Balaban J connectivity index is 1.93. The molecule has 1 heterocycles. The Kier molecular flexibility index (Phi) is 9.23. The molecule has 0 bridgehead atoms. The zero-order valence-corrected chi connectivity index (χ0v) is 16.4. The number of hydrogen-bond donors (Lipinski definition) is 1. The molecule has 0 amide bonds. The van der Waals surface area contributed by atoms with Gasteiger partial charge in [0.05, 0.1) is 38.1 Å². The standard InChI is InChI=1S/C20H29N3O5/c1-14-18(22-23-21)20(27-13-15-9-5-3-6-10-15)19(25)16(28-14)11-7-4-8-12-17(24)26-2/h3,5-6,9-10,14,16,18-20,25H,4,7-8,11-13H2,1-2H3/t14-,16?,18-,19-,20+/m1/s1. The van der Waals surface area contributed by atoms with Gasteiger partial charge in [0, 0.05) is 11.3 Å². The van der Waals surface area contributed by atoms with E-state index in [0.717, 1.165) is 24.8 Å². The summed E-state index contributed by atoms with van der Waals surface area (Å²) in [5, 5.41) is 14.6. The van der Waals surface area contributed by atoms with Gasteiger partial charge in [0.15, 0.2) is 0 Å². The number of methoxy groups -OCH3 is 1. The van der Waals surface area contributed by atoms with Crippen molar-refractivity contribution < 1.29 is 24.1 Å². The summed E-state index contributed by atoms with van der Waals surface area (Å²) in [6, 6.07) is 9.05. The van der Waals surface area contributed by atoms with Gasteiger partial charge in [-0.2, -0.15) is 0 Å². The molecule has 0 aliphatic carbocycles. The number of azide groups is 1. The molecule has 1 unspecified atom stereocenters. The number of carbonyl (C=O) groups excluding carboxylic acids is 1. The number of rotatable bonds is 10. The van der Waals surface area contributed by atoms with Crippen LogP contribution >= 0.6 is 0 Å². The number of nitrogens with zero attached hydrogens (tertiary/aromatic N) is 3. The van der Waals surface area contributed by atoms with Crippen LogP contribution in [0.15, 0.2) is 35.4 Å². The molecule has 1 N–H and O–H groups in total. The van der Waals surface area contributed by atoms with E-state index in [1.165, 1.54) is 7.11 Å². The molecule has 0 spiro atoms. The van der Waals surface area contributed by atoms with Crippen LogP contribution in [0.25, 0.3) is 10.4 Å². The van der Waals surface area contributed by atoms with Crippen LogP contribution in [0.1, 0.15) is 44.6 Å². The summed E-state index contributed by atoms with van der Waals surface area (Å²) in [4.78, 5) is 14.1. The predicted molar refractivity (Wildman–Crippen MR) is 103 cm³/mol. The molecule has 1 aromatic rings. The minimum Gasteiger partial charge on any atom is -0.469 e. The van der Waals surface area contributed by atoms with Gasteiger partial charge in [-0.25, -0.2) is 0 Å². The normalized spacial score (nSPS) is 27.0. The van der Waals surface area contributed by atoms with E-state index >= 15 is 0 Å². The molecule has 8 heteroatoms. The van der Waals surface area contributed by atoms with Gasteiger partial charge in [-0.3, -0.25) is 4.79 Å². The van der Waals surface area contributed by atoms with Crippen LogP contribution in [0.2, 0.25) is 0 Å². The molecule has 1 fully saturated rings. The average Bonchev–Trinajstić information content (AvgIpc) is 2.71. The van der Waals surface area contributed by atoms with E-state index in [1.54, 1.807) is 0 Å². The van der Waals surface area contributed by atoms with E-state index < -0.39 is 24.4 Å². The van der Waals surface area contributed by atoms with Crippen molar-refractivity contribution in [2.45, 2.75) is 76.1 Å². The van der Waals surface area contributed by atoms with Gasteiger partial charge < -0.3 is 19.3 Å². The quantitative estimate of drug-likeness (QED) is 0.215. The molecule has 154 valence electrons. The van der Waals surface area contributed by atoms with Crippen molar-refractivity contribution in [1.29, 1.82) is 0 Å². The Hall–Kier alpha value is -2.12. The van der Waals surface area contributed by atoms with Gasteiger partial charge in [-0.1, -0.05) is 48.3 Å². The number of carbonyl (C=O) groups is 1. The highest BCUT2D eigenvalue weighted by Crippen LogP contribution is 2.29. The molecule has 28 heavy (non-hydrogen) atoms. The Morgan fingerprint density at radius 1 is 1.29 bits per heavy atom. The minimum absolute atomic E-state index is 0.214. The monoisotopic (exact) mass is 391 g/mol. The van der Waals surface area contributed by atoms with Crippen LogP contribution in [0.3, 0.4) is 0 Å². The third-order valence-corrected chi connectivity index (χ3v) is 4.99. The third kappa shape index (κ3) is 6.49. The topological polar surface area (TPSA) is 114 Å². The van der Waals surface area contributed by atoms with Gasteiger partial charge in [0.1, 0.15) is 6.10 Å². The summed E-state index contributed by atoms with van der Waals surface area (Å²) < 4.78 is 16.5. The van der Waals surface area contributed by atoms with Gasteiger partial charge in [-0.05, 0) is 30.9 Å². The zero-order chi connectivity index (χ0) is 20.4. The number of ether oxygens (including phenoxy) is 3. The Labute approximate surface area is 165 Å². The van der Waals surface area contributed by atoms with Crippen LogP contribution in [0, 0.1) is 0 Å². The van der Waals surface area contributed by atoms with E-state index in [4.69, 9.17) is 15.0 Å². The smallest absolute Gasteiger partial charge is 0.305 e. The second-order valence-electron chi connectivity index (χ2n) is 7.00. The lowest BCUT2D eigenvalue weighted by atomic mass is 9.91. The first-order chi connectivity index (χ1) is 13.6. The summed E-state index contributed by atoms with van der Waals surface area (Å²) in [7, 11) is 1.38. The lowest BCUT2D eigenvalue weighted by molar-refractivity contribution is -0.193. The van der Waals surface area contributed by atoms with E-state index in [9.17, 15) is 9.90 Å². The largest absolute Gasteiger partial charge is 0.469 e. The minimum atomic E-state index is -0.893. The number of esters is 1. The van der Waals surface area contributed by atoms with Gasteiger partial charge >= 0.3 is 5.97 Å². The summed E-state index contributed by atoms with van der Waals surface area (Å²) in [6.07, 6.45) is 1.12. The van der Waals surface area contributed by atoms with Crippen molar-refractivity contribution in [3.8, 4) is 0 Å². The van der Waals surface area contributed by atoms with Crippen LogP contribution in [0.4, 0.5) is 0 Å². The fourth-order valence-corrected chi connectivity index (χ4v) is 3.43. The van der Waals surface area contributed by atoms with Crippen molar-refractivity contribution >= 4 is 5.97 Å². The molecule has 1 aliphatic rings. The molecule has 2 rings (SSSR count). The van der Waals surface area contributed by atoms with Crippen LogP contribution < -0.4 is 0 Å². The molecule has 0 radical (unpaired) electrons. The van der Waals surface area contributed by atoms with Crippen molar-refractivity contribution in [3.63, 3.8) is 0 Å². The maximum Gasteiger partial charge on any atom is 0.305 e. The third-order valence-electron chi connectivity index (χ3n) is 4.99. The lowest BCUT2D eigenvalue weighted by Crippen LogP contribution is -2.56. The fraction of sp³-hybridized carbons (Fsp3) is 0.650. The Morgan fingerprint density at radius 2 is 2.04 bits per heavy atom. The van der Waals surface area contributed by atoms with E-state index in [1.807, 2.05) is 37.3 Å². The van der Waals surface area contributed by atoms with Gasteiger partial charge in [0.2, 0.25) is 0 Å². The van der Waals surface area contributed by atoms with Crippen LogP contribution in [-0.4, -0.2) is 48.6 Å².